The lowest BCUT2D eigenvalue weighted by atomic mass is 9.97. The average Bonchev–Trinajstić information content (AvgIpc) is 2.37. The maximum absolute atomic E-state index is 11.6. The van der Waals surface area contributed by atoms with Crippen LogP contribution < -0.4 is 0 Å². The minimum absolute atomic E-state index is 0.199. The Kier molecular flexibility index (Phi) is 4.68. The van der Waals surface area contributed by atoms with Crippen LogP contribution in [0, 0.1) is 11.3 Å². The lowest BCUT2D eigenvalue weighted by molar-refractivity contribution is 0.0526. The summed E-state index contributed by atoms with van der Waals surface area (Å²) in [6.07, 6.45) is 0.651. The third-order valence-corrected chi connectivity index (χ3v) is 2.51. The summed E-state index contributed by atoms with van der Waals surface area (Å²) in [5, 5.41) is 18.2. The Balaban J connectivity index is 3.28. The Labute approximate surface area is 100 Å². The molecule has 0 saturated heterocycles. The summed E-state index contributed by atoms with van der Waals surface area (Å²) in [4.78, 5) is 11.6. The zero-order valence-corrected chi connectivity index (χ0v) is 9.99. The molecule has 17 heavy (non-hydrogen) atoms. The van der Waals surface area contributed by atoms with Crippen LogP contribution in [0.25, 0.3) is 0 Å². The van der Waals surface area contributed by atoms with Crippen LogP contribution in [0.15, 0.2) is 12.1 Å². The number of benzene rings is 1. The second kappa shape index (κ2) is 6.02. The molecule has 0 aliphatic carbocycles. The van der Waals surface area contributed by atoms with Crippen LogP contribution >= 0.6 is 0 Å². The second-order valence-electron chi connectivity index (χ2n) is 3.51. The van der Waals surface area contributed by atoms with Gasteiger partial charge in [0.1, 0.15) is 0 Å². The molecule has 1 N–H and O–H groups in total. The summed E-state index contributed by atoms with van der Waals surface area (Å²) in [5.74, 6) is -0.441. The molecule has 0 aliphatic rings. The summed E-state index contributed by atoms with van der Waals surface area (Å²) < 4.78 is 4.89. The van der Waals surface area contributed by atoms with Gasteiger partial charge in [-0.15, -0.1) is 0 Å². The van der Waals surface area contributed by atoms with Crippen molar-refractivity contribution >= 4 is 5.97 Å². The van der Waals surface area contributed by atoms with E-state index in [-0.39, 0.29) is 6.61 Å². The van der Waals surface area contributed by atoms with E-state index in [2.05, 4.69) is 0 Å². The highest BCUT2D eigenvalue weighted by Crippen LogP contribution is 2.19. The molecule has 1 aromatic carbocycles. The minimum Gasteiger partial charge on any atom is -0.462 e. The number of hydrogen-bond acceptors (Lipinski definition) is 4. The molecular formula is C13H15NO3. The zero-order valence-electron chi connectivity index (χ0n) is 9.99. The highest BCUT2D eigenvalue weighted by Gasteiger charge is 2.14. The molecule has 0 heterocycles. The van der Waals surface area contributed by atoms with Crippen LogP contribution in [0.1, 0.15) is 40.9 Å². The summed E-state index contributed by atoms with van der Waals surface area (Å²) in [6, 6.07) is 5.12. The Morgan fingerprint density at radius 3 is 2.65 bits per heavy atom. The van der Waals surface area contributed by atoms with Gasteiger partial charge in [-0.25, -0.2) is 4.79 Å². The predicted octanol–water partition coefficient (Wildman–Crippen LogP) is 1.79. The van der Waals surface area contributed by atoms with Gasteiger partial charge in [0.2, 0.25) is 0 Å². The van der Waals surface area contributed by atoms with Crippen molar-refractivity contribution in [2.24, 2.45) is 0 Å². The maximum atomic E-state index is 11.6. The smallest absolute Gasteiger partial charge is 0.338 e. The minimum atomic E-state index is -0.441. The first-order valence-corrected chi connectivity index (χ1v) is 5.51. The molecular weight excluding hydrogens is 218 g/mol. The second-order valence-corrected chi connectivity index (χ2v) is 3.51. The lowest BCUT2D eigenvalue weighted by Crippen LogP contribution is -2.08. The SMILES string of the molecule is CCOC(=O)c1cc(C#N)c(CO)c(CC)c1. The monoisotopic (exact) mass is 233 g/mol. The number of ether oxygens (including phenoxy) is 1. The third kappa shape index (κ3) is 2.83. The first-order valence-electron chi connectivity index (χ1n) is 5.51. The van der Waals surface area contributed by atoms with Gasteiger partial charge in [0, 0.05) is 0 Å². The van der Waals surface area contributed by atoms with Gasteiger partial charge in [0.15, 0.2) is 0 Å². The molecule has 0 spiro atoms. The Bertz CT molecular complexity index is 460. The predicted molar refractivity (Wildman–Crippen MR) is 62.4 cm³/mol. The molecule has 0 atom stereocenters. The van der Waals surface area contributed by atoms with Crippen LogP contribution in [0.5, 0.6) is 0 Å². The van der Waals surface area contributed by atoms with Crippen molar-refractivity contribution in [1.82, 2.24) is 0 Å². The molecule has 1 rings (SSSR count). The molecule has 0 radical (unpaired) electrons. The van der Waals surface area contributed by atoms with E-state index in [1.165, 1.54) is 6.07 Å². The van der Waals surface area contributed by atoms with Gasteiger partial charge in [-0.1, -0.05) is 6.92 Å². The molecule has 0 aliphatic heterocycles. The van der Waals surface area contributed by atoms with Crippen LogP contribution in [-0.4, -0.2) is 17.7 Å². The summed E-state index contributed by atoms with van der Waals surface area (Å²) in [5.41, 5.74) is 2.07. The molecule has 4 heteroatoms. The highest BCUT2D eigenvalue weighted by molar-refractivity contribution is 5.90. The molecule has 90 valence electrons. The van der Waals surface area contributed by atoms with Gasteiger partial charge in [-0.05, 0) is 36.6 Å². The van der Waals surface area contributed by atoms with Crippen molar-refractivity contribution in [3.05, 3.63) is 34.4 Å². The number of carbonyl (C=O) groups excluding carboxylic acids is 1. The van der Waals surface area contributed by atoms with Crippen molar-refractivity contribution in [3.63, 3.8) is 0 Å². The number of nitriles is 1. The molecule has 4 nitrogen and oxygen atoms in total. The van der Waals surface area contributed by atoms with Crippen LogP contribution in [0.4, 0.5) is 0 Å². The van der Waals surface area contributed by atoms with Crippen molar-refractivity contribution in [2.45, 2.75) is 26.9 Å². The van der Waals surface area contributed by atoms with Crippen molar-refractivity contribution in [1.29, 1.82) is 5.26 Å². The summed E-state index contributed by atoms with van der Waals surface area (Å²) in [7, 11) is 0. The van der Waals surface area contributed by atoms with E-state index < -0.39 is 5.97 Å². The molecule has 0 bridgehead atoms. The van der Waals surface area contributed by atoms with E-state index in [9.17, 15) is 9.90 Å². The Morgan fingerprint density at radius 2 is 2.18 bits per heavy atom. The largest absolute Gasteiger partial charge is 0.462 e. The summed E-state index contributed by atoms with van der Waals surface area (Å²) >= 11 is 0. The number of aliphatic hydroxyl groups excluding tert-OH is 1. The van der Waals surface area contributed by atoms with Gasteiger partial charge in [0.05, 0.1) is 30.4 Å². The normalized spacial score (nSPS) is 9.76. The van der Waals surface area contributed by atoms with Crippen molar-refractivity contribution < 1.29 is 14.6 Å². The molecule has 0 amide bonds. The van der Waals surface area contributed by atoms with Crippen molar-refractivity contribution in [3.8, 4) is 6.07 Å². The number of carbonyl (C=O) groups is 1. The van der Waals surface area contributed by atoms with Gasteiger partial charge >= 0.3 is 5.97 Å². The maximum Gasteiger partial charge on any atom is 0.338 e. The fourth-order valence-electron chi connectivity index (χ4n) is 1.67. The quantitative estimate of drug-likeness (QED) is 0.805. The molecule has 0 unspecified atom stereocenters. The van der Waals surface area contributed by atoms with Gasteiger partial charge < -0.3 is 9.84 Å². The van der Waals surface area contributed by atoms with Crippen LogP contribution in [0.2, 0.25) is 0 Å². The first-order chi connectivity index (χ1) is 8.17. The topological polar surface area (TPSA) is 70.3 Å². The molecule has 0 aromatic heterocycles. The Morgan fingerprint density at radius 1 is 1.47 bits per heavy atom. The Hall–Kier alpha value is -1.86. The van der Waals surface area contributed by atoms with E-state index >= 15 is 0 Å². The molecule has 1 aromatic rings. The van der Waals surface area contributed by atoms with Crippen molar-refractivity contribution in [2.75, 3.05) is 6.61 Å². The average molecular weight is 233 g/mol. The number of esters is 1. The van der Waals surface area contributed by atoms with E-state index in [1.807, 2.05) is 13.0 Å². The highest BCUT2D eigenvalue weighted by atomic mass is 16.5. The third-order valence-electron chi connectivity index (χ3n) is 2.51. The summed E-state index contributed by atoms with van der Waals surface area (Å²) in [6.45, 7) is 3.73. The number of aryl methyl sites for hydroxylation is 1. The first kappa shape index (κ1) is 13.2. The van der Waals surface area contributed by atoms with Gasteiger partial charge in [0.25, 0.3) is 0 Å². The van der Waals surface area contributed by atoms with E-state index in [0.29, 0.717) is 29.7 Å². The lowest BCUT2D eigenvalue weighted by Gasteiger charge is -2.10. The van der Waals surface area contributed by atoms with E-state index in [1.54, 1.807) is 13.0 Å². The number of nitrogens with zero attached hydrogens (tertiary/aromatic N) is 1. The van der Waals surface area contributed by atoms with Crippen LogP contribution in [-0.2, 0) is 17.8 Å². The fraction of sp³-hybridized carbons (Fsp3) is 0.385. The van der Waals surface area contributed by atoms with Crippen LogP contribution in [0.3, 0.4) is 0 Å². The zero-order chi connectivity index (χ0) is 12.8. The number of aliphatic hydroxyl groups is 1. The van der Waals surface area contributed by atoms with Gasteiger partial charge in [-0.3, -0.25) is 0 Å². The number of hydrogen-bond donors (Lipinski definition) is 1. The van der Waals surface area contributed by atoms with Gasteiger partial charge in [-0.2, -0.15) is 5.26 Å². The fourth-order valence-corrected chi connectivity index (χ4v) is 1.67. The van der Waals surface area contributed by atoms with E-state index in [4.69, 9.17) is 10.00 Å². The molecule has 0 fully saturated rings. The standard InChI is InChI=1S/C13H15NO3/c1-3-9-5-10(13(16)17-4-2)6-11(7-14)12(9)8-15/h5-6,15H,3-4,8H2,1-2H3. The van der Waals surface area contributed by atoms with E-state index in [0.717, 1.165) is 5.56 Å². The molecule has 0 saturated carbocycles. The number of rotatable bonds is 4.